The standard InChI is InChI=1S/C15H16BrN3O/c16-12-4-1-3-11(9-12)15(20)18-13-5-2-6-14(13)19-8-7-17-10-19/h1,3-4,7-10,13-14H,2,5-6H2,(H,18,20). The van der Waals surface area contributed by atoms with Gasteiger partial charge in [-0.25, -0.2) is 4.98 Å². The minimum Gasteiger partial charge on any atom is -0.347 e. The van der Waals surface area contributed by atoms with Crippen LogP contribution in [0.3, 0.4) is 0 Å². The van der Waals surface area contributed by atoms with Crippen LogP contribution in [0.4, 0.5) is 0 Å². The molecule has 1 saturated carbocycles. The summed E-state index contributed by atoms with van der Waals surface area (Å²) in [5.74, 6) is -0.0108. The number of aromatic nitrogens is 2. The Hall–Kier alpha value is -1.62. The van der Waals surface area contributed by atoms with Gasteiger partial charge in [-0.2, -0.15) is 0 Å². The largest absolute Gasteiger partial charge is 0.347 e. The van der Waals surface area contributed by atoms with Crippen LogP contribution in [0, 0.1) is 0 Å². The third kappa shape index (κ3) is 2.77. The van der Waals surface area contributed by atoms with Crippen molar-refractivity contribution in [2.24, 2.45) is 0 Å². The summed E-state index contributed by atoms with van der Waals surface area (Å²) < 4.78 is 3.02. The molecule has 2 unspecified atom stereocenters. The number of halogens is 1. The zero-order valence-corrected chi connectivity index (χ0v) is 12.6. The highest BCUT2D eigenvalue weighted by molar-refractivity contribution is 9.10. The van der Waals surface area contributed by atoms with Gasteiger partial charge in [0, 0.05) is 28.5 Å². The summed E-state index contributed by atoms with van der Waals surface area (Å²) in [6.45, 7) is 0. The van der Waals surface area contributed by atoms with Crippen molar-refractivity contribution < 1.29 is 4.79 Å². The molecular weight excluding hydrogens is 318 g/mol. The van der Waals surface area contributed by atoms with Crippen molar-refractivity contribution >= 4 is 21.8 Å². The van der Waals surface area contributed by atoms with Gasteiger partial charge in [-0.3, -0.25) is 4.79 Å². The molecule has 0 bridgehead atoms. The Labute approximate surface area is 126 Å². The zero-order valence-electron chi connectivity index (χ0n) is 11.0. The number of carbonyl (C=O) groups excluding carboxylic acids is 1. The molecule has 5 heteroatoms. The van der Waals surface area contributed by atoms with E-state index in [1.165, 1.54) is 0 Å². The fourth-order valence-electron chi connectivity index (χ4n) is 2.81. The van der Waals surface area contributed by atoms with Gasteiger partial charge in [-0.05, 0) is 37.5 Å². The van der Waals surface area contributed by atoms with E-state index in [0.717, 1.165) is 23.7 Å². The number of imidazole rings is 1. The van der Waals surface area contributed by atoms with Crippen LogP contribution in [0.1, 0.15) is 35.7 Å². The Morgan fingerprint density at radius 3 is 3.05 bits per heavy atom. The van der Waals surface area contributed by atoms with Crippen molar-refractivity contribution in [2.75, 3.05) is 0 Å². The lowest BCUT2D eigenvalue weighted by molar-refractivity contribution is 0.0929. The molecule has 0 spiro atoms. The molecule has 1 heterocycles. The molecule has 2 atom stereocenters. The second-order valence-corrected chi connectivity index (χ2v) is 6.01. The van der Waals surface area contributed by atoms with Crippen LogP contribution < -0.4 is 5.32 Å². The first-order valence-electron chi connectivity index (χ1n) is 6.78. The Morgan fingerprint density at radius 1 is 1.40 bits per heavy atom. The Kier molecular flexibility index (Phi) is 3.87. The summed E-state index contributed by atoms with van der Waals surface area (Å²) in [6.07, 6.45) is 8.81. The molecule has 104 valence electrons. The van der Waals surface area contributed by atoms with Crippen molar-refractivity contribution in [1.29, 1.82) is 0 Å². The van der Waals surface area contributed by atoms with Crippen molar-refractivity contribution in [3.63, 3.8) is 0 Å². The van der Waals surface area contributed by atoms with Crippen LogP contribution in [0.5, 0.6) is 0 Å². The van der Waals surface area contributed by atoms with E-state index < -0.39 is 0 Å². The molecular formula is C15H16BrN3O. The van der Waals surface area contributed by atoms with Gasteiger partial charge in [-0.1, -0.05) is 22.0 Å². The van der Waals surface area contributed by atoms with E-state index in [1.54, 1.807) is 6.20 Å². The highest BCUT2D eigenvalue weighted by atomic mass is 79.9. The fraction of sp³-hybridized carbons (Fsp3) is 0.333. The molecule has 0 radical (unpaired) electrons. The number of hydrogen-bond acceptors (Lipinski definition) is 2. The van der Waals surface area contributed by atoms with E-state index in [2.05, 4.69) is 30.8 Å². The molecule has 2 aromatic rings. The number of carbonyl (C=O) groups is 1. The summed E-state index contributed by atoms with van der Waals surface area (Å²) in [4.78, 5) is 16.4. The molecule has 1 fully saturated rings. The van der Waals surface area contributed by atoms with Gasteiger partial charge in [0.05, 0.1) is 12.4 Å². The second kappa shape index (κ2) is 5.79. The number of amides is 1. The summed E-state index contributed by atoms with van der Waals surface area (Å²) in [6, 6.07) is 7.96. The molecule has 1 N–H and O–H groups in total. The normalized spacial score (nSPS) is 21.9. The quantitative estimate of drug-likeness (QED) is 0.937. The minimum atomic E-state index is -0.0108. The first-order chi connectivity index (χ1) is 9.74. The summed E-state index contributed by atoms with van der Waals surface area (Å²) >= 11 is 3.39. The fourth-order valence-corrected chi connectivity index (χ4v) is 3.21. The number of rotatable bonds is 3. The van der Waals surface area contributed by atoms with Crippen LogP contribution in [-0.4, -0.2) is 21.5 Å². The lowest BCUT2D eigenvalue weighted by atomic mass is 10.1. The lowest BCUT2D eigenvalue weighted by Crippen LogP contribution is -2.38. The third-order valence-corrected chi connectivity index (χ3v) is 4.28. The molecule has 0 aliphatic heterocycles. The average Bonchev–Trinajstić information content (AvgIpc) is 3.08. The van der Waals surface area contributed by atoms with Crippen molar-refractivity contribution in [2.45, 2.75) is 31.3 Å². The maximum absolute atomic E-state index is 12.3. The van der Waals surface area contributed by atoms with Gasteiger partial charge in [0.25, 0.3) is 5.91 Å². The van der Waals surface area contributed by atoms with Gasteiger partial charge in [-0.15, -0.1) is 0 Å². The maximum Gasteiger partial charge on any atom is 0.251 e. The van der Waals surface area contributed by atoms with Crippen LogP contribution in [-0.2, 0) is 0 Å². The first kappa shape index (κ1) is 13.4. The number of benzene rings is 1. The van der Waals surface area contributed by atoms with E-state index in [4.69, 9.17) is 0 Å². The third-order valence-electron chi connectivity index (χ3n) is 3.79. The highest BCUT2D eigenvalue weighted by Crippen LogP contribution is 2.30. The molecule has 4 nitrogen and oxygen atoms in total. The maximum atomic E-state index is 12.3. The smallest absolute Gasteiger partial charge is 0.251 e. The van der Waals surface area contributed by atoms with Gasteiger partial charge in [0.1, 0.15) is 0 Å². The summed E-state index contributed by atoms with van der Waals surface area (Å²) in [5, 5.41) is 3.15. The van der Waals surface area contributed by atoms with Crippen LogP contribution in [0.25, 0.3) is 0 Å². The Bertz CT molecular complexity index is 597. The van der Waals surface area contributed by atoms with Crippen LogP contribution in [0.2, 0.25) is 0 Å². The highest BCUT2D eigenvalue weighted by Gasteiger charge is 2.29. The van der Waals surface area contributed by atoms with E-state index in [-0.39, 0.29) is 11.9 Å². The van der Waals surface area contributed by atoms with Crippen molar-refractivity contribution in [3.05, 3.63) is 53.0 Å². The summed E-state index contributed by atoms with van der Waals surface area (Å²) in [5.41, 5.74) is 0.690. The van der Waals surface area contributed by atoms with E-state index in [1.807, 2.05) is 36.8 Å². The SMILES string of the molecule is O=C(NC1CCCC1n1ccnc1)c1cccc(Br)c1. The molecule has 1 aromatic carbocycles. The first-order valence-corrected chi connectivity index (χ1v) is 7.57. The molecule has 1 amide bonds. The van der Waals surface area contributed by atoms with Crippen molar-refractivity contribution in [3.8, 4) is 0 Å². The van der Waals surface area contributed by atoms with Crippen LogP contribution >= 0.6 is 15.9 Å². The zero-order chi connectivity index (χ0) is 13.9. The molecule has 0 saturated heterocycles. The van der Waals surface area contributed by atoms with Gasteiger partial charge < -0.3 is 9.88 Å². The average molecular weight is 334 g/mol. The Balaban J connectivity index is 1.72. The van der Waals surface area contributed by atoms with E-state index in [9.17, 15) is 4.79 Å². The van der Waals surface area contributed by atoms with Gasteiger partial charge in [0.15, 0.2) is 0 Å². The summed E-state index contributed by atoms with van der Waals surface area (Å²) in [7, 11) is 0. The predicted octanol–water partition coefficient (Wildman–Crippen LogP) is 3.17. The number of nitrogens with one attached hydrogen (secondary N) is 1. The molecule has 1 aromatic heterocycles. The van der Waals surface area contributed by atoms with E-state index in [0.29, 0.717) is 11.6 Å². The minimum absolute atomic E-state index is 0.0108. The van der Waals surface area contributed by atoms with Crippen molar-refractivity contribution in [1.82, 2.24) is 14.9 Å². The van der Waals surface area contributed by atoms with E-state index >= 15 is 0 Å². The second-order valence-electron chi connectivity index (χ2n) is 5.10. The molecule has 1 aliphatic rings. The molecule has 1 aliphatic carbocycles. The number of nitrogens with zero attached hydrogens (tertiary/aromatic N) is 2. The molecule has 20 heavy (non-hydrogen) atoms. The van der Waals surface area contributed by atoms with Crippen LogP contribution in [0.15, 0.2) is 47.5 Å². The number of hydrogen-bond donors (Lipinski definition) is 1. The van der Waals surface area contributed by atoms with Gasteiger partial charge >= 0.3 is 0 Å². The monoisotopic (exact) mass is 333 g/mol. The Morgan fingerprint density at radius 2 is 2.30 bits per heavy atom. The predicted molar refractivity (Wildman–Crippen MR) is 80.5 cm³/mol. The van der Waals surface area contributed by atoms with Gasteiger partial charge in [0.2, 0.25) is 0 Å². The lowest BCUT2D eigenvalue weighted by Gasteiger charge is -2.22. The topological polar surface area (TPSA) is 46.9 Å². The molecule has 3 rings (SSSR count).